The molecule has 0 unspecified atom stereocenters. The van der Waals surface area contributed by atoms with Gasteiger partial charge in [0, 0.05) is 23.5 Å². The van der Waals surface area contributed by atoms with Gasteiger partial charge in [-0.15, -0.1) is 0 Å². The van der Waals surface area contributed by atoms with Crippen molar-refractivity contribution in [2.24, 2.45) is 5.73 Å². The number of primary amides is 1. The van der Waals surface area contributed by atoms with Gasteiger partial charge in [0.1, 0.15) is 6.61 Å². The third kappa shape index (κ3) is 6.56. The third-order valence-electron chi connectivity index (χ3n) is 4.45. The van der Waals surface area contributed by atoms with E-state index in [-0.39, 0.29) is 30.3 Å². The maximum atomic E-state index is 13.6. The second kappa shape index (κ2) is 11.1. The molecule has 1 fully saturated rings. The number of halogens is 6. The first kappa shape index (κ1) is 25.4. The first-order valence-electron chi connectivity index (χ1n) is 9.22. The van der Waals surface area contributed by atoms with Gasteiger partial charge in [0.05, 0.1) is 19.7 Å². The van der Waals surface area contributed by atoms with Crippen molar-refractivity contribution in [2.75, 3.05) is 43.1 Å². The maximum Gasteiger partial charge on any atom is 0.265 e. The summed E-state index contributed by atoms with van der Waals surface area (Å²) in [5, 5.41) is 1.96. The zero-order valence-corrected chi connectivity index (χ0v) is 16.4. The number of nitrogens with two attached hydrogens (primary N) is 1. The van der Waals surface area contributed by atoms with Gasteiger partial charge in [0.25, 0.3) is 31.1 Å². The smallest absolute Gasteiger partial charge is 0.265 e. The van der Waals surface area contributed by atoms with Crippen molar-refractivity contribution in [3.8, 4) is 0 Å². The van der Waals surface area contributed by atoms with Crippen molar-refractivity contribution in [3.63, 3.8) is 0 Å². The molecule has 0 saturated carbocycles. The fraction of sp³-hybridized carbons (Fsp3) is 0.500. The number of nitrogens with zero attached hydrogens (tertiary/aromatic N) is 2. The summed E-state index contributed by atoms with van der Waals surface area (Å²) >= 11 is 0. The van der Waals surface area contributed by atoms with E-state index in [9.17, 15) is 40.7 Å². The zero-order chi connectivity index (χ0) is 24.0. The van der Waals surface area contributed by atoms with E-state index in [1.54, 1.807) is 0 Å². The Morgan fingerprint density at radius 3 is 2.25 bits per heavy atom. The van der Waals surface area contributed by atoms with Crippen LogP contribution < -0.4 is 16.0 Å². The van der Waals surface area contributed by atoms with Crippen LogP contribution in [0.4, 0.5) is 37.7 Å². The Morgan fingerprint density at radius 2 is 1.75 bits per heavy atom. The molecule has 32 heavy (non-hydrogen) atoms. The number of carbonyl (C=O) groups is 3. The number of anilines is 2. The van der Waals surface area contributed by atoms with Crippen molar-refractivity contribution < 1.29 is 45.5 Å². The summed E-state index contributed by atoms with van der Waals surface area (Å²) in [6.07, 6.45) is -9.50. The Morgan fingerprint density at radius 1 is 1.12 bits per heavy atom. The number of hydrogen-bond donors (Lipinski definition) is 2. The molecule has 2 rings (SSSR count). The Hall–Kier alpha value is -2.87. The van der Waals surface area contributed by atoms with Crippen LogP contribution in [0.15, 0.2) is 18.2 Å². The molecule has 8 nitrogen and oxygen atoms in total. The summed E-state index contributed by atoms with van der Waals surface area (Å²) in [5.41, 5.74) is 3.89. The standard InChI is InChI=1S/C18H20F6N4O4/c19-12(20)6-27(7-13(21)22)15(17(25)30)18(31)26-11-2-1-9(5-10(11)16(23)24)28-3-4-32-8-14(28)29/h1-2,5,12-13,15-16H,3-4,6-8H2,(H2,25,30)(H,26,31)/t15-/m0/s1. The first-order valence-corrected chi connectivity index (χ1v) is 9.22. The van der Waals surface area contributed by atoms with Crippen LogP contribution in [0, 0.1) is 0 Å². The first-order chi connectivity index (χ1) is 15.0. The number of nitrogens with one attached hydrogen (secondary N) is 1. The Kier molecular flexibility index (Phi) is 8.83. The molecular formula is C18H20F6N4O4. The van der Waals surface area contributed by atoms with Gasteiger partial charge in [-0.05, 0) is 18.2 Å². The van der Waals surface area contributed by atoms with Crippen LogP contribution in [-0.2, 0) is 19.1 Å². The van der Waals surface area contributed by atoms with E-state index in [1.165, 1.54) is 11.0 Å². The summed E-state index contributed by atoms with van der Waals surface area (Å²) in [6, 6.07) is 0.919. The molecule has 1 aromatic rings. The highest BCUT2D eigenvalue weighted by Crippen LogP contribution is 2.32. The molecule has 0 aromatic heterocycles. The molecule has 1 aliphatic rings. The Bertz CT molecular complexity index is 832. The number of morpholine rings is 1. The molecule has 1 aromatic carbocycles. The van der Waals surface area contributed by atoms with E-state index in [1.807, 2.05) is 5.32 Å². The number of hydrogen-bond acceptors (Lipinski definition) is 5. The lowest BCUT2D eigenvalue weighted by Crippen LogP contribution is -2.54. The normalized spacial score (nSPS) is 15.7. The number of rotatable bonds is 10. The van der Waals surface area contributed by atoms with Gasteiger partial charge in [0.15, 0.2) is 6.04 Å². The van der Waals surface area contributed by atoms with Gasteiger partial charge in [0.2, 0.25) is 5.91 Å². The Balaban J connectivity index is 2.32. The molecule has 1 heterocycles. The highest BCUT2D eigenvalue weighted by atomic mass is 19.3. The van der Waals surface area contributed by atoms with Crippen molar-refractivity contribution in [1.82, 2.24) is 4.90 Å². The molecule has 1 atom stereocenters. The zero-order valence-electron chi connectivity index (χ0n) is 16.4. The molecule has 14 heteroatoms. The van der Waals surface area contributed by atoms with Crippen molar-refractivity contribution in [1.29, 1.82) is 0 Å². The molecule has 0 radical (unpaired) electrons. The predicted molar refractivity (Wildman–Crippen MR) is 99.8 cm³/mol. The fourth-order valence-corrected chi connectivity index (χ4v) is 3.12. The number of alkyl halides is 6. The van der Waals surface area contributed by atoms with Crippen LogP contribution in [0.1, 0.15) is 12.0 Å². The molecule has 3 N–H and O–H groups in total. The lowest BCUT2D eigenvalue weighted by molar-refractivity contribution is -0.134. The van der Waals surface area contributed by atoms with Gasteiger partial charge in [-0.2, -0.15) is 0 Å². The van der Waals surface area contributed by atoms with E-state index in [0.29, 0.717) is 0 Å². The SMILES string of the molecule is NC(=O)[C@@H](C(=O)Nc1ccc(N2CCOCC2=O)cc1C(F)F)N(CC(F)F)CC(F)F. The third-order valence-corrected chi connectivity index (χ3v) is 4.45. The summed E-state index contributed by atoms with van der Waals surface area (Å²) in [4.78, 5) is 37.5. The van der Waals surface area contributed by atoms with Crippen molar-refractivity contribution >= 4 is 29.1 Å². The number of amides is 3. The van der Waals surface area contributed by atoms with E-state index >= 15 is 0 Å². The minimum absolute atomic E-state index is 0.0927. The molecule has 0 aliphatic carbocycles. The highest BCUT2D eigenvalue weighted by molar-refractivity contribution is 6.10. The van der Waals surface area contributed by atoms with E-state index in [0.717, 1.165) is 12.1 Å². The lowest BCUT2D eigenvalue weighted by Gasteiger charge is -2.29. The monoisotopic (exact) mass is 470 g/mol. The average Bonchev–Trinajstić information content (AvgIpc) is 2.67. The van der Waals surface area contributed by atoms with E-state index in [4.69, 9.17) is 10.5 Å². The molecule has 0 bridgehead atoms. The van der Waals surface area contributed by atoms with Crippen molar-refractivity contribution in [2.45, 2.75) is 25.3 Å². The van der Waals surface area contributed by atoms with Crippen LogP contribution in [0.5, 0.6) is 0 Å². The molecule has 1 aliphatic heterocycles. The summed E-state index contributed by atoms with van der Waals surface area (Å²) < 4.78 is 83.2. The second-order valence-electron chi connectivity index (χ2n) is 6.70. The van der Waals surface area contributed by atoms with E-state index in [2.05, 4.69) is 0 Å². The van der Waals surface area contributed by atoms with Crippen LogP contribution in [0.25, 0.3) is 0 Å². The molecule has 3 amide bonds. The average molecular weight is 470 g/mol. The van der Waals surface area contributed by atoms with Gasteiger partial charge >= 0.3 is 0 Å². The van der Waals surface area contributed by atoms with Gasteiger partial charge in [-0.25, -0.2) is 26.3 Å². The highest BCUT2D eigenvalue weighted by Gasteiger charge is 2.35. The minimum atomic E-state index is -3.18. The quantitative estimate of drug-likeness (QED) is 0.400. The van der Waals surface area contributed by atoms with Crippen LogP contribution in [-0.4, -0.2) is 74.4 Å². The maximum absolute atomic E-state index is 13.6. The number of ether oxygens (including phenoxy) is 1. The molecule has 178 valence electrons. The Labute approximate surface area is 178 Å². The lowest BCUT2D eigenvalue weighted by atomic mass is 10.1. The number of carbonyl (C=O) groups excluding carboxylic acids is 3. The van der Waals surface area contributed by atoms with Crippen molar-refractivity contribution in [3.05, 3.63) is 23.8 Å². The van der Waals surface area contributed by atoms with Crippen LogP contribution in [0.2, 0.25) is 0 Å². The molecule has 1 saturated heterocycles. The minimum Gasteiger partial charge on any atom is -0.370 e. The topological polar surface area (TPSA) is 105 Å². The van der Waals surface area contributed by atoms with Crippen LogP contribution >= 0.6 is 0 Å². The number of benzene rings is 1. The predicted octanol–water partition coefficient (Wildman–Crippen LogP) is 1.61. The summed E-state index contributed by atoms with van der Waals surface area (Å²) in [6.45, 7) is -2.70. The summed E-state index contributed by atoms with van der Waals surface area (Å²) in [7, 11) is 0. The molecular weight excluding hydrogens is 450 g/mol. The largest absolute Gasteiger partial charge is 0.370 e. The van der Waals surface area contributed by atoms with Gasteiger partial charge < -0.3 is 20.7 Å². The summed E-state index contributed by atoms with van der Waals surface area (Å²) in [5.74, 6) is -3.43. The second-order valence-corrected chi connectivity index (χ2v) is 6.70. The fourth-order valence-electron chi connectivity index (χ4n) is 3.12. The van der Waals surface area contributed by atoms with Crippen LogP contribution in [0.3, 0.4) is 0 Å². The van der Waals surface area contributed by atoms with E-state index < -0.39 is 67.4 Å². The van der Waals surface area contributed by atoms with Gasteiger partial charge in [-0.3, -0.25) is 19.3 Å². The molecule has 0 spiro atoms. The van der Waals surface area contributed by atoms with Gasteiger partial charge in [-0.1, -0.05) is 0 Å².